The molecule has 1 aliphatic heterocycles. The van der Waals surface area contributed by atoms with Crippen molar-refractivity contribution in [3.05, 3.63) is 29.6 Å². The number of pyridine rings is 1. The van der Waals surface area contributed by atoms with Gasteiger partial charge in [-0.2, -0.15) is 0 Å². The Kier molecular flexibility index (Phi) is 4.81. The van der Waals surface area contributed by atoms with Gasteiger partial charge in [0.25, 0.3) is 0 Å². The second-order valence-electron chi connectivity index (χ2n) is 6.32. The first-order valence-corrected chi connectivity index (χ1v) is 7.32. The molecular formula is C16H22N2O4. The SMILES string of the molecule is Cc1ccc(C(=O)C2COCCN2C(=O)OC(C)(C)C)cn1. The number of morpholine rings is 1. The van der Waals surface area contributed by atoms with Crippen molar-refractivity contribution in [1.82, 2.24) is 9.88 Å². The van der Waals surface area contributed by atoms with Crippen molar-refractivity contribution < 1.29 is 19.1 Å². The van der Waals surface area contributed by atoms with Crippen LogP contribution in [0.5, 0.6) is 0 Å². The van der Waals surface area contributed by atoms with E-state index in [1.54, 1.807) is 32.9 Å². The average molecular weight is 306 g/mol. The molecule has 1 saturated heterocycles. The van der Waals surface area contributed by atoms with Crippen molar-refractivity contribution in [3.8, 4) is 0 Å². The third kappa shape index (κ3) is 4.04. The second kappa shape index (κ2) is 6.44. The zero-order valence-electron chi connectivity index (χ0n) is 13.5. The van der Waals surface area contributed by atoms with E-state index in [0.717, 1.165) is 5.69 Å². The number of amides is 1. The molecule has 0 spiro atoms. The largest absolute Gasteiger partial charge is 0.444 e. The van der Waals surface area contributed by atoms with Gasteiger partial charge in [0.2, 0.25) is 0 Å². The minimum atomic E-state index is -0.673. The molecule has 1 unspecified atom stereocenters. The van der Waals surface area contributed by atoms with Gasteiger partial charge in [0.15, 0.2) is 5.78 Å². The van der Waals surface area contributed by atoms with Gasteiger partial charge >= 0.3 is 6.09 Å². The van der Waals surface area contributed by atoms with Crippen molar-refractivity contribution in [1.29, 1.82) is 0 Å². The van der Waals surface area contributed by atoms with Crippen molar-refractivity contribution in [2.24, 2.45) is 0 Å². The lowest BCUT2D eigenvalue weighted by Crippen LogP contribution is -2.53. The van der Waals surface area contributed by atoms with Gasteiger partial charge in [-0.05, 0) is 39.8 Å². The summed E-state index contributed by atoms with van der Waals surface area (Å²) in [5, 5.41) is 0. The van der Waals surface area contributed by atoms with Gasteiger partial charge < -0.3 is 9.47 Å². The molecule has 1 aromatic rings. The number of aryl methyl sites for hydroxylation is 1. The number of Topliss-reactive ketones (excluding diaryl/α,β-unsaturated/α-hetero) is 1. The van der Waals surface area contributed by atoms with E-state index < -0.39 is 17.7 Å². The maximum Gasteiger partial charge on any atom is 0.411 e. The van der Waals surface area contributed by atoms with Crippen LogP contribution in [0.2, 0.25) is 0 Å². The highest BCUT2D eigenvalue weighted by atomic mass is 16.6. The number of hydrogen-bond acceptors (Lipinski definition) is 5. The molecule has 6 heteroatoms. The van der Waals surface area contributed by atoms with Gasteiger partial charge in [0.05, 0.1) is 13.2 Å². The van der Waals surface area contributed by atoms with Crippen molar-refractivity contribution >= 4 is 11.9 Å². The fourth-order valence-corrected chi connectivity index (χ4v) is 2.17. The maximum atomic E-state index is 12.6. The van der Waals surface area contributed by atoms with Crippen LogP contribution >= 0.6 is 0 Å². The predicted molar refractivity (Wildman–Crippen MR) is 80.9 cm³/mol. The van der Waals surface area contributed by atoms with Gasteiger partial charge in [-0.15, -0.1) is 0 Å². The van der Waals surface area contributed by atoms with Gasteiger partial charge in [0, 0.05) is 24.0 Å². The first kappa shape index (κ1) is 16.4. The summed E-state index contributed by atoms with van der Waals surface area (Å²) in [7, 11) is 0. The van der Waals surface area contributed by atoms with Gasteiger partial charge in [-0.1, -0.05) is 0 Å². The Morgan fingerprint density at radius 3 is 2.68 bits per heavy atom. The van der Waals surface area contributed by atoms with Crippen LogP contribution in [0.3, 0.4) is 0 Å². The predicted octanol–water partition coefficient (Wildman–Crippen LogP) is 2.21. The van der Waals surface area contributed by atoms with Crippen LogP contribution in [0.15, 0.2) is 18.3 Å². The summed E-state index contributed by atoms with van der Waals surface area (Å²) < 4.78 is 10.7. The lowest BCUT2D eigenvalue weighted by Gasteiger charge is -2.35. The number of carbonyl (C=O) groups is 2. The fraction of sp³-hybridized carbons (Fsp3) is 0.562. The molecule has 1 amide bonds. The minimum Gasteiger partial charge on any atom is -0.444 e. The molecule has 0 radical (unpaired) electrons. The normalized spacial score (nSPS) is 18.9. The van der Waals surface area contributed by atoms with E-state index in [1.807, 2.05) is 6.92 Å². The molecule has 0 saturated carbocycles. The second-order valence-corrected chi connectivity index (χ2v) is 6.32. The molecule has 0 aromatic carbocycles. The summed E-state index contributed by atoms with van der Waals surface area (Å²) in [5.41, 5.74) is 0.698. The van der Waals surface area contributed by atoms with Gasteiger partial charge in [-0.25, -0.2) is 4.79 Å². The van der Waals surface area contributed by atoms with Crippen molar-refractivity contribution in [3.63, 3.8) is 0 Å². The average Bonchev–Trinajstić information content (AvgIpc) is 2.45. The summed E-state index contributed by atoms with van der Waals surface area (Å²) >= 11 is 0. The summed E-state index contributed by atoms with van der Waals surface area (Å²) in [6.07, 6.45) is 1.04. The monoisotopic (exact) mass is 306 g/mol. The molecule has 120 valence electrons. The molecule has 22 heavy (non-hydrogen) atoms. The Morgan fingerprint density at radius 1 is 1.36 bits per heavy atom. The summed E-state index contributed by atoms with van der Waals surface area (Å²) in [6, 6.07) is 2.81. The number of ether oxygens (including phenoxy) is 2. The summed E-state index contributed by atoms with van der Waals surface area (Å²) in [6.45, 7) is 8.15. The van der Waals surface area contributed by atoms with E-state index >= 15 is 0 Å². The third-order valence-electron chi connectivity index (χ3n) is 3.26. The molecule has 6 nitrogen and oxygen atoms in total. The zero-order chi connectivity index (χ0) is 16.3. The molecule has 1 fully saturated rings. The molecule has 2 heterocycles. The van der Waals surface area contributed by atoms with Crippen LogP contribution in [-0.2, 0) is 9.47 Å². The molecule has 2 rings (SSSR count). The van der Waals surface area contributed by atoms with Crippen LogP contribution in [-0.4, -0.2) is 53.2 Å². The van der Waals surface area contributed by atoms with Crippen molar-refractivity contribution in [2.45, 2.75) is 39.3 Å². The van der Waals surface area contributed by atoms with E-state index in [-0.39, 0.29) is 12.4 Å². The van der Waals surface area contributed by atoms with Gasteiger partial charge in [0.1, 0.15) is 11.6 Å². The van der Waals surface area contributed by atoms with Crippen LogP contribution in [0, 0.1) is 6.92 Å². The number of rotatable bonds is 2. The molecule has 0 aliphatic carbocycles. The summed E-state index contributed by atoms with van der Waals surface area (Å²) in [5.74, 6) is -0.182. The lowest BCUT2D eigenvalue weighted by molar-refractivity contribution is -0.0265. The van der Waals surface area contributed by atoms with E-state index in [4.69, 9.17) is 9.47 Å². The Hall–Kier alpha value is -1.95. The van der Waals surface area contributed by atoms with Gasteiger partial charge in [-0.3, -0.25) is 14.7 Å². The van der Waals surface area contributed by atoms with Crippen molar-refractivity contribution in [2.75, 3.05) is 19.8 Å². The fourth-order valence-electron chi connectivity index (χ4n) is 2.17. The van der Waals surface area contributed by atoms with E-state index in [1.165, 1.54) is 11.1 Å². The first-order chi connectivity index (χ1) is 10.3. The molecule has 1 atom stereocenters. The third-order valence-corrected chi connectivity index (χ3v) is 3.26. The topological polar surface area (TPSA) is 68.7 Å². The Morgan fingerprint density at radius 2 is 2.09 bits per heavy atom. The smallest absolute Gasteiger partial charge is 0.411 e. The number of aromatic nitrogens is 1. The van der Waals surface area contributed by atoms with Crippen LogP contribution in [0.25, 0.3) is 0 Å². The number of nitrogens with zero attached hydrogens (tertiary/aromatic N) is 2. The molecule has 0 N–H and O–H groups in total. The number of hydrogen-bond donors (Lipinski definition) is 0. The zero-order valence-corrected chi connectivity index (χ0v) is 13.5. The van der Waals surface area contributed by atoms with E-state index in [0.29, 0.717) is 18.7 Å². The molecule has 0 bridgehead atoms. The molecular weight excluding hydrogens is 284 g/mol. The standard InChI is InChI=1S/C16H22N2O4/c1-11-5-6-12(9-17-11)14(19)13-10-21-8-7-18(13)15(20)22-16(2,3)4/h5-6,9,13H,7-8,10H2,1-4H3. The highest BCUT2D eigenvalue weighted by Gasteiger charge is 2.35. The lowest BCUT2D eigenvalue weighted by atomic mass is 10.0. The van der Waals surface area contributed by atoms with E-state index in [2.05, 4.69) is 4.98 Å². The number of carbonyl (C=O) groups excluding carboxylic acids is 2. The van der Waals surface area contributed by atoms with Crippen LogP contribution in [0.4, 0.5) is 4.79 Å². The minimum absolute atomic E-state index is 0.173. The van der Waals surface area contributed by atoms with Crippen LogP contribution in [0.1, 0.15) is 36.8 Å². The van der Waals surface area contributed by atoms with Crippen LogP contribution < -0.4 is 0 Å². The quantitative estimate of drug-likeness (QED) is 0.784. The maximum absolute atomic E-state index is 12.6. The summed E-state index contributed by atoms with van der Waals surface area (Å²) in [4.78, 5) is 30.5. The highest BCUT2D eigenvalue weighted by molar-refractivity contribution is 6.01. The molecule has 1 aromatic heterocycles. The Bertz CT molecular complexity index is 548. The Balaban J connectivity index is 2.17. The Labute approximate surface area is 130 Å². The first-order valence-electron chi connectivity index (χ1n) is 7.32. The highest BCUT2D eigenvalue weighted by Crippen LogP contribution is 2.17. The van der Waals surface area contributed by atoms with E-state index in [9.17, 15) is 9.59 Å². The number of ketones is 1. The molecule has 1 aliphatic rings.